The van der Waals surface area contributed by atoms with Crippen molar-refractivity contribution in [3.8, 4) is 0 Å². The van der Waals surface area contributed by atoms with E-state index in [2.05, 4.69) is 11.9 Å². The summed E-state index contributed by atoms with van der Waals surface area (Å²) >= 11 is 0. The smallest absolute Gasteiger partial charge is 0.251 e. The third kappa shape index (κ3) is 5.66. The number of amides is 2. The summed E-state index contributed by atoms with van der Waals surface area (Å²) in [5.74, 6) is -0.307. The fourth-order valence-electron chi connectivity index (χ4n) is 3.08. The first-order chi connectivity index (χ1) is 14.2. The molecule has 0 fully saturated rings. The number of carbonyl (C=O) groups excluding carboxylic acids is 2. The zero-order valence-electron chi connectivity index (χ0n) is 16.3. The number of nitrogens with zero attached hydrogens (tertiary/aromatic N) is 1. The number of anilines is 1. The predicted molar refractivity (Wildman–Crippen MR) is 117 cm³/mol. The lowest BCUT2D eigenvalue weighted by atomic mass is 10.1. The van der Waals surface area contributed by atoms with Gasteiger partial charge in [-0.25, -0.2) is 0 Å². The lowest BCUT2D eigenvalue weighted by Gasteiger charge is -2.21. The van der Waals surface area contributed by atoms with E-state index >= 15 is 0 Å². The Hall–Kier alpha value is -3.66. The van der Waals surface area contributed by atoms with E-state index < -0.39 is 0 Å². The van der Waals surface area contributed by atoms with Crippen LogP contribution < -0.4 is 10.2 Å². The summed E-state index contributed by atoms with van der Waals surface area (Å²) in [5.41, 5.74) is 3.42. The molecule has 3 aromatic rings. The van der Waals surface area contributed by atoms with Gasteiger partial charge in [-0.05, 0) is 47.9 Å². The maximum Gasteiger partial charge on any atom is 0.251 e. The Morgan fingerprint density at radius 2 is 1.52 bits per heavy atom. The zero-order valence-corrected chi connectivity index (χ0v) is 16.3. The monoisotopic (exact) mass is 384 g/mol. The van der Waals surface area contributed by atoms with Gasteiger partial charge in [-0.1, -0.05) is 67.2 Å². The quantitative estimate of drug-likeness (QED) is 0.586. The van der Waals surface area contributed by atoms with E-state index in [-0.39, 0.29) is 11.8 Å². The molecule has 146 valence electrons. The second-order valence-electron chi connectivity index (χ2n) is 6.66. The summed E-state index contributed by atoms with van der Waals surface area (Å²) in [4.78, 5) is 26.5. The molecule has 0 radical (unpaired) electrons. The van der Waals surface area contributed by atoms with E-state index in [1.54, 1.807) is 11.0 Å². The van der Waals surface area contributed by atoms with Gasteiger partial charge in [0.1, 0.15) is 0 Å². The maximum absolute atomic E-state index is 12.5. The van der Waals surface area contributed by atoms with E-state index in [4.69, 9.17) is 0 Å². The van der Waals surface area contributed by atoms with Crippen LogP contribution in [-0.2, 0) is 17.8 Å². The van der Waals surface area contributed by atoms with Crippen molar-refractivity contribution in [2.45, 2.75) is 13.0 Å². The Balaban J connectivity index is 1.66. The van der Waals surface area contributed by atoms with Gasteiger partial charge in [-0.2, -0.15) is 0 Å². The molecule has 0 unspecified atom stereocenters. The van der Waals surface area contributed by atoms with Gasteiger partial charge in [-0.3, -0.25) is 9.59 Å². The number of hydrogen-bond acceptors (Lipinski definition) is 2. The summed E-state index contributed by atoms with van der Waals surface area (Å²) < 4.78 is 0. The Kier molecular flexibility index (Phi) is 6.95. The van der Waals surface area contributed by atoms with Crippen LogP contribution in [0.4, 0.5) is 5.69 Å². The van der Waals surface area contributed by atoms with Gasteiger partial charge < -0.3 is 10.2 Å². The van der Waals surface area contributed by atoms with Crippen LogP contribution in [0, 0.1) is 0 Å². The predicted octanol–water partition coefficient (Wildman–Crippen LogP) is 4.38. The highest BCUT2D eigenvalue weighted by Crippen LogP contribution is 2.18. The molecule has 29 heavy (non-hydrogen) atoms. The molecule has 0 aliphatic rings. The second kappa shape index (κ2) is 10.0. The van der Waals surface area contributed by atoms with Crippen molar-refractivity contribution < 1.29 is 9.59 Å². The van der Waals surface area contributed by atoms with Gasteiger partial charge in [0.2, 0.25) is 0 Å². The highest BCUT2D eigenvalue weighted by molar-refractivity contribution is 6.01. The average molecular weight is 384 g/mol. The minimum Gasteiger partial charge on any atom is -0.352 e. The second-order valence-corrected chi connectivity index (χ2v) is 6.66. The van der Waals surface area contributed by atoms with Gasteiger partial charge in [-0.15, -0.1) is 0 Å². The molecule has 3 aromatic carbocycles. The molecule has 2 amide bonds. The van der Waals surface area contributed by atoms with Crippen LogP contribution in [0.15, 0.2) is 97.6 Å². The van der Waals surface area contributed by atoms with Crippen LogP contribution in [0.5, 0.6) is 0 Å². The first kappa shape index (κ1) is 20.1. The summed E-state index contributed by atoms with van der Waals surface area (Å²) in [6.07, 6.45) is 2.08. The number of para-hydroxylation sites is 1. The van der Waals surface area contributed by atoms with E-state index in [1.165, 1.54) is 11.6 Å². The molecular weight excluding hydrogens is 360 g/mol. The minimum atomic E-state index is -0.186. The SMILES string of the molecule is C=CC(=O)N(Cc1cccc(C(=O)NCCc2ccccc2)c1)c1ccccc1. The van der Waals surface area contributed by atoms with Crippen molar-refractivity contribution in [2.75, 3.05) is 11.4 Å². The third-order valence-corrected chi connectivity index (χ3v) is 4.58. The molecule has 0 aliphatic heterocycles. The molecule has 0 aromatic heterocycles. The number of rotatable bonds is 8. The number of carbonyl (C=O) groups is 2. The number of benzene rings is 3. The lowest BCUT2D eigenvalue weighted by molar-refractivity contribution is -0.114. The molecule has 0 heterocycles. The van der Waals surface area contributed by atoms with E-state index in [0.29, 0.717) is 18.7 Å². The fourth-order valence-corrected chi connectivity index (χ4v) is 3.08. The molecule has 0 spiro atoms. The van der Waals surface area contributed by atoms with Crippen LogP contribution in [0.1, 0.15) is 21.5 Å². The summed E-state index contributed by atoms with van der Waals surface area (Å²) in [7, 11) is 0. The van der Waals surface area contributed by atoms with Crippen molar-refractivity contribution in [3.05, 3.63) is 114 Å². The van der Waals surface area contributed by atoms with Crippen molar-refractivity contribution in [2.24, 2.45) is 0 Å². The molecule has 1 N–H and O–H groups in total. The Bertz CT molecular complexity index is 968. The molecule has 3 rings (SSSR count). The highest BCUT2D eigenvalue weighted by Gasteiger charge is 2.14. The standard InChI is InChI=1S/C25H24N2O2/c1-2-24(28)27(23-14-7-4-8-15-23)19-21-12-9-13-22(18-21)25(29)26-17-16-20-10-5-3-6-11-20/h2-15,18H,1,16-17,19H2,(H,26,29). The molecule has 4 nitrogen and oxygen atoms in total. The Morgan fingerprint density at radius 3 is 2.21 bits per heavy atom. The van der Waals surface area contributed by atoms with Crippen LogP contribution in [0.25, 0.3) is 0 Å². The average Bonchev–Trinajstić information content (AvgIpc) is 2.78. The molecule has 0 aliphatic carbocycles. The van der Waals surface area contributed by atoms with E-state index in [9.17, 15) is 9.59 Å². The van der Waals surface area contributed by atoms with E-state index in [0.717, 1.165) is 17.7 Å². The Labute approximate surface area is 171 Å². The van der Waals surface area contributed by atoms with Gasteiger partial charge in [0.05, 0.1) is 6.54 Å². The van der Waals surface area contributed by atoms with Gasteiger partial charge in [0.15, 0.2) is 0 Å². The summed E-state index contributed by atoms with van der Waals surface area (Å²) in [6.45, 7) is 4.53. The van der Waals surface area contributed by atoms with Crippen molar-refractivity contribution in [3.63, 3.8) is 0 Å². The third-order valence-electron chi connectivity index (χ3n) is 4.58. The van der Waals surface area contributed by atoms with Crippen molar-refractivity contribution >= 4 is 17.5 Å². The topological polar surface area (TPSA) is 49.4 Å². The van der Waals surface area contributed by atoms with Crippen LogP contribution >= 0.6 is 0 Å². The highest BCUT2D eigenvalue weighted by atomic mass is 16.2. The zero-order chi connectivity index (χ0) is 20.5. The minimum absolute atomic E-state index is 0.121. The number of hydrogen-bond donors (Lipinski definition) is 1. The van der Waals surface area contributed by atoms with Crippen molar-refractivity contribution in [1.82, 2.24) is 5.32 Å². The summed E-state index contributed by atoms with van der Waals surface area (Å²) in [5, 5.41) is 2.96. The van der Waals surface area contributed by atoms with Crippen LogP contribution in [0.3, 0.4) is 0 Å². The molecule has 0 atom stereocenters. The first-order valence-corrected chi connectivity index (χ1v) is 9.57. The fraction of sp³-hybridized carbons (Fsp3) is 0.120. The largest absolute Gasteiger partial charge is 0.352 e. The number of nitrogens with one attached hydrogen (secondary N) is 1. The molecule has 0 saturated heterocycles. The van der Waals surface area contributed by atoms with Gasteiger partial charge in [0.25, 0.3) is 11.8 Å². The molecular formula is C25H24N2O2. The van der Waals surface area contributed by atoms with Crippen molar-refractivity contribution in [1.29, 1.82) is 0 Å². The normalized spacial score (nSPS) is 10.2. The molecule has 0 bridgehead atoms. The Morgan fingerprint density at radius 1 is 0.862 bits per heavy atom. The van der Waals surface area contributed by atoms with Gasteiger partial charge >= 0.3 is 0 Å². The maximum atomic E-state index is 12.5. The van der Waals surface area contributed by atoms with Crippen LogP contribution in [-0.4, -0.2) is 18.4 Å². The summed E-state index contributed by atoms with van der Waals surface area (Å²) in [6, 6.07) is 26.8. The van der Waals surface area contributed by atoms with E-state index in [1.807, 2.05) is 78.9 Å². The molecule has 0 saturated carbocycles. The molecule has 4 heteroatoms. The van der Waals surface area contributed by atoms with Gasteiger partial charge in [0, 0.05) is 17.8 Å². The first-order valence-electron chi connectivity index (χ1n) is 9.57. The van der Waals surface area contributed by atoms with Crippen LogP contribution in [0.2, 0.25) is 0 Å². The lowest BCUT2D eigenvalue weighted by Crippen LogP contribution is -2.29.